The molecule has 3 N–H and O–H groups in total. The first-order chi connectivity index (χ1) is 8.56. The van der Waals surface area contributed by atoms with Crippen LogP contribution in [-0.2, 0) is 9.59 Å². The van der Waals surface area contributed by atoms with Crippen molar-refractivity contribution in [2.75, 3.05) is 5.32 Å². The fraction of sp³-hybridized carbons (Fsp3) is 0.250. The maximum absolute atomic E-state index is 11.5. The summed E-state index contributed by atoms with van der Waals surface area (Å²) >= 11 is 0. The second kappa shape index (κ2) is 4.87. The van der Waals surface area contributed by atoms with Crippen LogP contribution in [0.4, 0.5) is 5.69 Å². The van der Waals surface area contributed by atoms with E-state index in [1.54, 1.807) is 12.1 Å². The summed E-state index contributed by atoms with van der Waals surface area (Å²) in [5.41, 5.74) is 0.691. The molecule has 94 valence electrons. The van der Waals surface area contributed by atoms with Gasteiger partial charge in [0.15, 0.2) is 0 Å². The number of amides is 2. The lowest BCUT2D eigenvalue weighted by atomic mass is 10.1. The summed E-state index contributed by atoms with van der Waals surface area (Å²) in [4.78, 5) is 33.3. The summed E-state index contributed by atoms with van der Waals surface area (Å²) in [7, 11) is 0. The van der Waals surface area contributed by atoms with E-state index in [-0.39, 0.29) is 23.8 Å². The average Bonchev–Trinajstić information content (AvgIpc) is 2.33. The van der Waals surface area contributed by atoms with Crippen LogP contribution in [0.5, 0.6) is 0 Å². The second-order valence-electron chi connectivity index (χ2n) is 4.03. The Morgan fingerprint density at radius 3 is 2.83 bits per heavy atom. The monoisotopic (exact) mass is 248 g/mol. The highest BCUT2D eigenvalue weighted by molar-refractivity contribution is 6.01. The number of benzene rings is 1. The van der Waals surface area contributed by atoms with Crippen molar-refractivity contribution in [2.24, 2.45) is 0 Å². The zero-order chi connectivity index (χ0) is 13.1. The molecule has 0 aliphatic carbocycles. The third kappa shape index (κ3) is 2.65. The molecule has 1 aliphatic rings. The van der Waals surface area contributed by atoms with Crippen LogP contribution < -0.4 is 10.6 Å². The molecule has 1 fully saturated rings. The maximum Gasteiger partial charge on any atom is 0.335 e. The maximum atomic E-state index is 11.5. The van der Waals surface area contributed by atoms with Gasteiger partial charge >= 0.3 is 5.97 Å². The largest absolute Gasteiger partial charge is 0.478 e. The van der Waals surface area contributed by atoms with Crippen LogP contribution in [0.3, 0.4) is 0 Å². The van der Waals surface area contributed by atoms with Crippen LogP contribution in [-0.4, -0.2) is 28.9 Å². The van der Waals surface area contributed by atoms with Crippen molar-refractivity contribution in [3.63, 3.8) is 0 Å². The van der Waals surface area contributed by atoms with Crippen molar-refractivity contribution in [2.45, 2.75) is 18.9 Å². The van der Waals surface area contributed by atoms with Gasteiger partial charge in [-0.05, 0) is 24.6 Å². The zero-order valence-corrected chi connectivity index (χ0v) is 9.47. The minimum Gasteiger partial charge on any atom is -0.478 e. The summed E-state index contributed by atoms with van der Waals surface area (Å²) in [5, 5.41) is 14.0. The molecule has 1 atom stereocenters. The molecule has 0 spiro atoms. The minimum absolute atomic E-state index is 0.146. The molecule has 0 bridgehead atoms. The average molecular weight is 248 g/mol. The SMILES string of the molecule is O=C1CCC(Nc2cccc(C(=O)O)c2)C(=O)N1. The van der Waals surface area contributed by atoms with Crippen molar-refractivity contribution >= 4 is 23.5 Å². The number of rotatable bonds is 3. The summed E-state index contributed by atoms with van der Waals surface area (Å²) in [6.45, 7) is 0. The van der Waals surface area contributed by atoms with E-state index in [1.165, 1.54) is 12.1 Å². The van der Waals surface area contributed by atoms with Gasteiger partial charge in [0, 0.05) is 12.1 Å². The van der Waals surface area contributed by atoms with Crippen LogP contribution in [0.1, 0.15) is 23.2 Å². The van der Waals surface area contributed by atoms with E-state index < -0.39 is 12.0 Å². The molecule has 0 saturated carbocycles. The summed E-state index contributed by atoms with van der Waals surface area (Å²) in [5.74, 6) is -1.69. The van der Waals surface area contributed by atoms with E-state index in [9.17, 15) is 14.4 Å². The number of hydrogen-bond donors (Lipinski definition) is 3. The molecule has 1 aliphatic heterocycles. The van der Waals surface area contributed by atoms with Gasteiger partial charge in [0.05, 0.1) is 5.56 Å². The summed E-state index contributed by atoms with van der Waals surface area (Å²) in [6.07, 6.45) is 0.685. The van der Waals surface area contributed by atoms with Gasteiger partial charge in [-0.1, -0.05) is 6.07 Å². The molecule has 6 nitrogen and oxygen atoms in total. The molecule has 18 heavy (non-hydrogen) atoms. The smallest absolute Gasteiger partial charge is 0.335 e. The molecule has 1 aromatic carbocycles. The van der Waals surface area contributed by atoms with Gasteiger partial charge in [-0.3, -0.25) is 14.9 Å². The quantitative estimate of drug-likeness (QED) is 0.681. The molecule has 1 unspecified atom stereocenters. The molecular weight excluding hydrogens is 236 g/mol. The Morgan fingerprint density at radius 2 is 2.17 bits per heavy atom. The highest BCUT2D eigenvalue weighted by atomic mass is 16.4. The van der Waals surface area contributed by atoms with Crippen LogP contribution in [0.25, 0.3) is 0 Å². The lowest BCUT2D eigenvalue weighted by Crippen LogP contribution is -2.47. The predicted molar refractivity (Wildman–Crippen MR) is 63.2 cm³/mol. The molecule has 1 saturated heterocycles. The van der Waals surface area contributed by atoms with Crippen LogP contribution in [0.2, 0.25) is 0 Å². The number of carboxylic acids is 1. The Labute approximate surface area is 103 Å². The van der Waals surface area contributed by atoms with Crippen molar-refractivity contribution in [1.82, 2.24) is 5.32 Å². The van der Waals surface area contributed by atoms with Gasteiger partial charge in [-0.2, -0.15) is 0 Å². The van der Waals surface area contributed by atoms with Gasteiger partial charge in [-0.15, -0.1) is 0 Å². The molecule has 1 heterocycles. The number of carbonyl (C=O) groups is 3. The van der Waals surface area contributed by atoms with Gasteiger partial charge in [0.1, 0.15) is 6.04 Å². The molecule has 1 aromatic rings. The molecule has 2 amide bonds. The van der Waals surface area contributed by atoms with Gasteiger partial charge in [0.2, 0.25) is 11.8 Å². The van der Waals surface area contributed by atoms with E-state index in [4.69, 9.17) is 5.11 Å². The van der Waals surface area contributed by atoms with Crippen molar-refractivity contribution in [1.29, 1.82) is 0 Å². The predicted octanol–water partition coefficient (Wildman–Crippen LogP) is 0.602. The lowest BCUT2D eigenvalue weighted by Gasteiger charge is -2.22. The van der Waals surface area contributed by atoms with E-state index in [0.29, 0.717) is 12.1 Å². The highest BCUT2D eigenvalue weighted by Gasteiger charge is 2.26. The van der Waals surface area contributed by atoms with Gasteiger partial charge < -0.3 is 10.4 Å². The first-order valence-electron chi connectivity index (χ1n) is 5.50. The molecule has 0 radical (unpaired) electrons. The van der Waals surface area contributed by atoms with Gasteiger partial charge in [0.25, 0.3) is 0 Å². The Balaban J connectivity index is 2.09. The number of nitrogens with one attached hydrogen (secondary N) is 2. The van der Waals surface area contributed by atoms with Crippen LogP contribution in [0, 0.1) is 0 Å². The minimum atomic E-state index is -1.03. The topological polar surface area (TPSA) is 95.5 Å². The van der Waals surface area contributed by atoms with Crippen molar-refractivity contribution in [3.8, 4) is 0 Å². The Morgan fingerprint density at radius 1 is 1.39 bits per heavy atom. The third-order valence-electron chi connectivity index (χ3n) is 2.69. The Kier molecular flexibility index (Phi) is 3.27. The van der Waals surface area contributed by atoms with Crippen molar-refractivity contribution < 1.29 is 19.5 Å². The van der Waals surface area contributed by atoms with Crippen molar-refractivity contribution in [3.05, 3.63) is 29.8 Å². The van der Waals surface area contributed by atoms with E-state index in [1.807, 2.05) is 0 Å². The fourth-order valence-corrected chi connectivity index (χ4v) is 1.77. The molecule has 2 rings (SSSR count). The summed E-state index contributed by atoms with van der Waals surface area (Å²) < 4.78 is 0. The normalized spacial score (nSPS) is 19.2. The first kappa shape index (κ1) is 12.1. The number of piperidine rings is 1. The molecule has 0 aromatic heterocycles. The fourth-order valence-electron chi connectivity index (χ4n) is 1.77. The van der Waals surface area contributed by atoms with E-state index in [2.05, 4.69) is 10.6 Å². The number of carbonyl (C=O) groups excluding carboxylic acids is 2. The molecule has 6 heteroatoms. The lowest BCUT2D eigenvalue weighted by molar-refractivity contribution is -0.133. The molecular formula is C12H12N2O4. The highest BCUT2D eigenvalue weighted by Crippen LogP contribution is 2.15. The number of carboxylic acid groups (broad SMARTS) is 1. The van der Waals surface area contributed by atoms with Crippen LogP contribution in [0.15, 0.2) is 24.3 Å². The number of aromatic carboxylic acids is 1. The number of imide groups is 1. The van der Waals surface area contributed by atoms with Crippen LogP contribution >= 0.6 is 0 Å². The standard InChI is InChI=1S/C12H12N2O4/c15-10-5-4-9(11(16)14-10)13-8-3-1-2-7(6-8)12(17)18/h1-3,6,9,13H,4-5H2,(H,17,18)(H,14,15,16). The Hall–Kier alpha value is -2.37. The van der Waals surface area contributed by atoms with Gasteiger partial charge in [-0.25, -0.2) is 4.79 Å². The first-order valence-corrected chi connectivity index (χ1v) is 5.50. The third-order valence-corrected chi connectivity index (χ3v) is 2.69. The summed E-state index contributed by atoms with van der Waals surface area (Å²) in [6, 6.07) is 5.68. The zero-order valence-electron chi connectivity index (χ0n) is 9.47. The van der Waals surface area contributed by atoms with E-state index >= 15 is 0 Å². The second-order valence-corrected chi connectivity index (χ2v) is 4.03. The number of hydrogen-bond acceptors (Lipinski definition) is 4. The Bertz CT molecular complexity index is 513. The number of anilines is 1. The van der Waals surface area contributed by atoms with E-state index in [0.717, 1.165) is 0 Å².